The molecule has 16 heavy (non-hydrogen) atoms. The van der Waals surface area contributed by atoms with E-state index in [1.165, 1.54) is 11.3 Å². The predicted molar refractivity (Wildman–Crippen MR) is 67.1 cm³/mol. The van der Waals surface area contributed by atoms with E-state index in [4.69, 9.17) is 5.73 Å². The number of nitrogens with two attached hydrogens (primary N) is 1. The summed E-state index contributed by atoms with van der Waals surface area (Å²) in [5.41, 5.74) is 5.75. The summed E-state index contributed by atoms with van der Waals surface area (Å²) in [6.45, 7) is 4.20. The van der Waals surface area contributed by atoms with Gasteiger partial charge in [-0.15, -0.1) is 11.3 Å². The molecule has 6 heteroatoms. The van der Waals surface area contributed by atoms with Crippen LogP contribution >= 0.6 is 11.3 Å². The van der Waals surface area contributed by atoms with Gasteiger partial charge in [0.05, 0.1) is 0 Å². The highest BCUT2D eigenvalue weighted by Gasteiger charge is 2.16. The van der Waals surface area contributed by atoms with Crippen molar-refractivity contribution < 1.29 is 8.42 Å². The quantitative estimate of drug-likeness (QED) is 0.815. The highest BCUT2D eigenvalue weighted by Crippen LogP contribution is 2.20. The lowest BCUT2D eigenvalue weighted by Crippen LogP contribution is -2.36. The van der Waals surface area contributed by atoms with Gasteiger partial charge in [0, 0.05) is 17.5 Å². The first-order valence-corrected chi connectivity index (χ1v) is 7.57. The number of hydrogen-bond donors (Lipinski definition) is 2. The molecule has 0 amide bonds. The molecule has 1 heterocycles. The summed E-state index contributed by atoms with van der Waals surface area (Å²) in [6.07, 6.45) is 1.78. The lowest BCUT2D eigenvalue weighted by molar-refractivity contribution is 0.554. The van der Waals surface area contributed by atoms with Gasteiger partial charge in [-0.05, 0) is 25.5 Å². The van der Waals surface area contributed by atoms with Gasteiger partial charge in [-0.2, -0.15) is 0 Å². The van der Waals surface area contributed by atoms with Gasteiger partial charge in [0.2, 0.25) is 10.0 Å². The zero-order valence-corrected chi connectivity index (χ0v) is 11.2. The van der Waals surface area contributed by atoms with Crippen molar-refractivity contribution in [3.8, 4) is 0 Å². The van der Waals surface area contributed by atoms with Gasteiger partial charge >= 0.3 is 0 Å². The zero-order chi connectivity index (χ0) is 12.2. The highest BCUT2D eigenvalue weighted by atomic mass is 32.2. The summed E-state index contributed by atoms with van der Waals surface area (Å²) >= 11 is 1.27. The molecule has 1 aromatic rings. The van der Waals surface area contributed by atoms with Gasteiger partial charge in [0.25, 0.3) is 0 Å². The van der Waals surface area contributed by atoms with Crippen molar-refractivity contribution in [2.24, 2.45) is 5.73 Å². The molecule has 1 rings (SSSR count). The molecule has 1 unspecified atom stereocenters. The van der Waals surface area contributed by atoms with Gasteiger partial charge < -0.3 is 5.73 Å². The Morgan fingerprint density at radius 2 is 2.19 bits per heavy atom. The van der Waals surface area contributed by atoms with Crippen molar-refractivity contribution in [2.45, 2.75) is 36.9 Å². The van der Waals surface area contributed by atoms with E-state index in [1.807, 2.05) is 13.8 Å². The third kappa shape index (κ3) is 3.86. The maximum atomic E-state index is 11.8. The minimum absolute atomic E-state index is 0.110. The molecule has 1 aromatic heterocycles. The SMILES string of the molecule is CCCC(N)CNS(=O)(=O)c1ccc(C)s1. The van der Waals surface area contributed by atoms with Crippen molar-refractivity contribution in [3.63, 3.8) is 0 Å². The number of rotatable bonds is 6. The fraction of sp³-hybridized carbons (Fsp3) is 0.600. The second-order valence-electron chi connectivity index (χ2n) is 3.77. The first-order valence-electron chi connectivity index (χ1n) is 5.27. The number of thiophene rings is 1. The maximum absolute atomic E-state index is 11.8. The van der Waals surface area contributed by atoms with Crippen LogP contribution in [0.15, 0.2) is 16.3 Å². The molecule has 0 aromatic carbocycles. The molecule has 3 N–H and O–H groups in total. The summed E-state index contributed by atoms with van der Waals surface area (Å²) in [5, 5.41) is 0. The van der Waals surface area contributed by atoms with Gasteiger partial charge in [0.15, 0.2) is 0 Å². The van der Waals surface area contributed by atoms with E-state index >= 15 is 0 Å². The molecular weight excluding hydrogens is 244 g/mol. The Morgan fingerprint density at radius 1 is 1.50 bits per heavy atom. The number of hydrogen-bond acceptors (Lipinski definition) is 4. The Labute approximate surface area is 101 Å². The van der Waals surface area contributed by atoms with E-state index in [2.05, 4.69) is 4.72 Å². The van der Waals surface area contributed by atoms with E-state index in [1.54, 1.807) is 12.1 Å². The topological polar surface area (TPSA) is 72.2 Å². The lowest BCUT2D eigenvalue weighted by atomic mass is 10.2. The molecule has 0 aliphatic rings. The average Bonchev–Trinajstić information content (AvgIpc) is 2.63. The number of sulfonamides is 1. The summed E-state index contributed by atoms with van der Waals surface area (Å²) in [7, 11) is -3.36. The molecular formula is C10H18N2O2S2. The minimum Gasteiger partial charge on any atom is -0.327 e. The van der Waals surface area contributed by atoms with Crippen LogP contribution in [0.4, 0.5) is 0 Å². The Kier molecular flexibility index (Phi) is 4.91. The van der Waals surface area contributed by atoms with Crippen LogP contribution in [0.25, 0.3) is 0 Å². The van der Waals surface area contributed by atoms with Crippen LogP contribution < -0.4 is 10.5 Å². The Morgan fingerprint density at radius 3 is 2.69 bits per heavy atom. The van der Waals surface area contributed by atoms with Crippen LogP contribution in [0.5, 0.6) is 0 Å². The van der Waals surface area contributed by atoms with Crippen LogP contribution in [-0.2, 0) is 10.0 Å². The molecule has 1 atom stereocenters. The largest absolute Gasteiger partial charge is 0.327 e. The second kappa shape index (κ2) is 5.77. The Hall–Kier alpha value is -0.430. The molecule has 0 radical (unpaired) electrons. The summed E-state index contributed by atoms with van der Waals surface area (Å²) < 4.78 is 26.5. The molecule has 0 aliphatic heterocycles. The van der Waals surface area contributed by atoms with Crippen LogP contribution in [0.3, 0.4) is 0 Å². The summed E-state index contributed by atoms with van der Waals surface area (Å²) in [4.78, 5) is 0.984. The van der Waals surface area contributed by atoms with E-state index in [0.717, 1.165) is 17.7 Å². The highest BCUT2D eigenvalue weighted by molar-refractivity contribution is 7.91. The Bertz CT molecular complexity index is 426. The third-order valence-corrected chi connectivity index (χ3v) is 5.09. The monoisotopic (exact) mass is 262 g/mol. The summed E-state index contributed by atoms with van der Waals surface area (Å²) in [6, 6.07) is 3.31. The standard InChI is InChI=1S/C10H18N2O2S2/c1-3-4-9(11)7-12-16(13,14)10-6-5-8(2)15-10/h5-6,9,12H,3-4,7,11H2,1-2H3. The van der Waals surface area contributed by atoms with Crippen LogP contribution in [0.1, 0.15) is 24.6 Å². The van der Waals surface area contributed by atoms with Crippen LogP contribution in [-0.4, -0.2) is 21.0 Å². The second-order valence-corrected chi connectivity index (χ2v) is 7.05. The first-order chi connectivity index (χ1) is 7.45. The maximum Gasteiger partial charge on any atom is 0.250 e. The predicted octanol–water partition coefficient (Wildman–Crippen LogP) is 1.46. The summed E-state index contributed by atoms with van der Waals surface area (Å²) in [5.74, 6) is 0. The van der Waals surface area contributed by atoms with E-state index in [-0.39, 0.29) is 6.04 Å². The van der Waals surface area contributed by atoms with Gasteiger partial charge in [0.1, 0.15) is 4.21 Å². The first kappa shape index (κ1) is 13.6. The van der Waals surface area contributed by atoms with E-state index in [9.17, 15) is 8.42 Å². The molecule has 0 aliphatic carbocycles. The molecule has 0 saturated heterocycles. The van der Waals surface area contributed by atoms with E-state index < -0.39 is 10.0 Å². The van der Waals surface area contributed by atoms with Crippen molar-refractivity contribution in [2.75, 3.05) is 6.54 Å². The molecule has 92 valence electrons. The fourth-order valence-corrected chi connectivity index (χ4v) is 3.74. The lowest BCUT2D eigenvalue weighted by Gasteiger charge is -2.10. The normalized spacial score (nSPS) is 13.9. The Balaban J connectivity index is 2.59. The zero-order valence-electron chi connectivity index (χ0n) is 9.56. The third-order valence-electron chi connectivity index (χ3n) is 2.18. The van der Waals surface area contributed by atoms with Crippen molar-refractivity contribution in [3.05, 3.63) is 17.0 Å². The molecule has 0 bridgehead atoms. The molecule has 0 spiro atoms. The average molecular weight is 262 g/mol. The van der Waals surface area contributed by atoms with Gasteiger partial charge in [-0.1, -0.05) is 13.3 Å². The van der Waals surface area contributed by atoms with Gasteiger partial charge in [-0.3, -0.25) is 0 Å². The molecule has 0 fully saturated rings. The van der Waals surface area contributed by atoms with Gasteiger partial charge in [-0.25, -0.2) is 13.1 Å². The number of aryl methyl sites for hydroxylation is 1. The van der Waals surface area contributed by atoms with Crippen LogP contribution in [0.2, 0.25) is 0 Å². The van der Waals surface area contributed by atoms with Crippen molar-refractivity contribution in [1.82, 2.24) is 4.72 Å². The molecule has 4 nitrogen and oxygen atoms in total. The smallest absolute Gasteiger partial charge is 0.250 e. The van der Waals surface area contributed by atoms with Crippen molar-refractivity contribution >= 4 is 21.4 Å². The fourth-order valence-electron chi connectivity index (χ4n) is 1.32. The minimum atomic E-state index is -3.36. The van der Waals surface area contributed by atoms with Crippen LogP contribution in [0, 0.1) is 6.92 Å². The number of nitrogens with one attached hydrogen (secondary N) is 1. The van der Waals surface area contributed by atoms with E-state index in [0.29, 0.717) is 10.8 Å². The van der Waals surface area contributed by atoms with Crippen molar-refractivity contribution in [1.29, 1.82) is 0 Å². The molecule has 0 saturated carbocycles.